The van der Waals surface area contributed by atoms with Crippen LogP contribution in [0.3, 0.4) is 0 Å². The Bertz CT molecular complexity index is 354. The molecule has 0 radical (unpaired) electrons. The van der Waals surface area contributed by atoms with Crippen LogP contribution in [-0.2, 0) is 0 Å². The second-order valence-electron chi connectivity index (χ2n) is 4.67. The lowest BCUT2D eigenvalue weighted by molar-refractivity contribution is 0.473. The van der Waals surface area contributed by atoms with Gasteiger partial charge in [-0.05, 0) is 37.1 Å². The Labute approximate surface area is 124 Å². The molecule has 1 nitrogen and oxygen atoms in total. The van der Waals surface area contributed by atoms with Crippen molar-refractivity contribution >= 4 is 27.5 Å². The smallest absolute Gasteiger partial charge is 0.0417 e. The minimum atomic E-state index is 0.433. The summed E-state index contributed by atoms with van der Waals surface area (Å²) < 4.78 is 1.11. The van der Waals surface area contributed by atoms with Crippen molar-refractivity contribution in [2.45, 2.75) is 52.0 Å². The van der Waals surface area contributed by atoms with Gasteiger partial charge in [-0.1, -0.05) is 66.7 Å². The van der Waals surface area contributed by atoms with E-state index in [1.807, 2.05) is 12.1 Å². The second kappa shape index (κ2) is 8.95. The Balaban J connectivity index is 2.73. The average Bonchev–Trinajstić information content (AvgIpc) is 2.34. The Morgan fingerprint density at radius 3 is 2.61 bits per heavy atom. The van der Waals surface area contributed by atoms with Crippen LogP contribution in [0.25, 0.3) is 0 Å². The summed E-state index contributed by atoms with van der Waals surface area (Å²) in [5.41, 5.74) is 1.32. The normalized spacial score (nSPS) is 12.7. The van der Waals surface area contributed by atoms with Gasteiger partial charge in [0.05, 0.1) is 0 Å². The summed E-state index contributed by atoms with van der Waals surface area (Å²) in [5.74, 6) is 0. The molecule has 0 aliphatic carbocycles. The van der Waals surface area contributed by atoms with Gasteiger partial charge in [0.15, 0.2) is 0 Å². The molecule has 3 heteroatoms. The maximum Gasteiger partial charge on any atom is 0.0417 e. The fourth-order valence-corrected chi connectivity index (χ4v) is 3.03. The Morgan fingerprint density at radius 1 is 1.22 bits per heavy atom. The van der Waals surface area contributed by atoms with Gasteiger partial charge in [0, 0.05) is 15.5 Å². The molecule has 0 saturated carbocycles. The summed E-state index contributed by atoms with van der Waals surface area (Å²) in [5, 5.41) is 4.42. The minimum Gasteiger partial charge on any atom is -0.310 e. The number of benzene rings is 1. The van der Waals surface area contributed by atoms with Gasteiger partial charge in [0.25, 0.3) is 0 Å². The minimum absolute atomic E-state index is 0.433. The highest BCUT2D eigenvalue weighted by Crippen LogP contribution is 2.29. The van der Waals surface area contributed by atoms with Crippen molar-refractivity contribution in [2.24, 2.45) is 0 Å². The Kier molecular flexibility index (Phi) is 7.96. The average molecular weight is 333 g/mol. The van der Waals surface area contributed by atoms with Crippen LogP contribution in [0, 0.1) is 0 Å². The molecule has 0 amide bonds. The van der Waals surface area contributed by atoms with Crippen LogP contribution in [0.5, 0.6) is 0 Å². The first-order valence-electron chi connectivity index (χ1n) is 6.87. The summed E-state index contributed by atoms with van der Waals surface area (Å²) >= 11 is 9.63. The summed E-state index contributed by atoms with van der Waals surface area (Å²) in [7, 11) is 0. The third kappa shape index (κ3) is 5.29. The summed E-state index contributed by atoms with van der Waals surface area (Å²) in [6.07, 6.45) is 6.19. The molecule has 0 fully saturated rings. The van der Waals surface area contributed by atoms with Crippen molar-refractivity contribution in [1.82, 2.24) is 5.32 Å². The van der Waals surface area contributed by atoms with Crippen LogP contribution in [-0.4, -0.2) is 6.54 Å². The van der Waals surface area contributed by atoms with E-state index in [0.29, 0.717) is 6.04 Å². The molecule has 102 valence electrons. The summed E-state index contributed by atoms with van der Waals surface area (Å²) in [4.78, 5) is 0. The van der Waals surface area contributed by atoms with Crippen LogP contribution in [0.2, 0.25) is 5.02 Å². The maximum absolute atomic E-state index is 6.00. The molecule has 1 unspecified atom stereocenters. The molecule has 18 heavy (non-hydrogen) atoms. The molecule has 0 aliphatic rings. The van der Waals surface area contributed by atoms with Crippen LogP contribution in [0.15, 0.2) is 22.7 Å². The van der Waals surface area contributed by atoms with Gasteiger partial charge in [0.1, 0.15) is 0 Å². The third-order valence-corrected chi connectivity index (χ3v) is 4.00. The largest absolute Gasteiger partial charge is 0.310 e. The predicted molar refractivity (Wildman–Crippen MR) is 84.3 cm³/mol. The van der Waals surface area contributed by atoms with E-state index in [1.54, 1.807) is 0 Å². The van der Waals surface area contributed by atoms with E-state index >= 15 is 0 Å². The predicted octanol–water partition coefficient (Wildman–Crippen LogP) is 5.72. The lowest BCUT2D eigenvalue weighted by atomic mass is 10.0. The SMILES string of the molecule is CCCCCC(NCCC)c1ccc(Cl)cc1Br. The van der Waals surface area contributed by atoms with Crippen molar-refractivity contribution in [3.8, 4) is 0 Å². The molecule has 0 saturated heterocycles. The molecule has 1 atom stereocenters. The molecule has 0 heterocycles. The first-order chi connectivity index (χ1) is 8.69. The van der Waals surface area contributed by atoms with Crippen molar-refractivity contribution in [3.05, 3.63) is 33.3 Å². The Hall–Kier alpha value is -0.0500. The molecule has 0 aliphatic heterocycles. The third-order valence-electron chi connectivity index (χ3n) is 3.08. The zero-order chi connectivity index (χ0) is 13.4. The van der Waals surface area contributed by atoms with Crippen LogP contribution in [0.1, 0.15) is 57.6 Å². The fraction of sp³-hybridized carbons (Fsp3) is 0.600. The van der Waals surface area contributed by atoms with E-state index in [-0.39, 0.29) is 0 Å². The fourth-order valence-electron chi connectivity index (χ4n) is 2.07. The zero-order valence-electron chi connectivity index (χ0n) is 11.3. The number of hydrogen-bond acceptors (Lipinski definition) is 1. The van der Waals surface area contributed by atoms with Crippen molar-refractivity contribution in [2.75, 3.05) is 6.54 Å². The number of halogens is 2. The van der Waals surface area contributed by atoms with Crippen molar-refractivity contribution in [3.63, 3.8) is 0 Å². The first kappa shape index (κ1) is 16.0. The van der Waals surface area contributed by atoms with Crippen LogP contribution >= 0.6 is 27.5 Å². The van der Waals surface area contributed by atoms with Gasteiger partial charge in [-0.25, -0.2) is 0 Å². The molecule has 0 bridgehead atoms. The molecule has 1 aromatic rings. The molecular formula is C15H23BrClN. The summed E-state index contributed by atoms with van der Waals surface area (Å²) in [6, 6.07) is 6.52. The summed E-state index contributed by atoms with van der Waals surface area (Å²) in [6.45, 7) is 5.51. The first-order valence-corrected chi connectivity index (χ1v) is 8.04. The zero-order valence-corrected chi connectivity index (χ0v) is 13.6. The molecule has 1 N–H and O–H groups in total. The van der Waals surface area contributed by atoms with E-state index in [0.717, 1.165) is 22.5 Å². The van der Waals surface area contributed by atoms with E-state index in [2.05, 4.69) is 41.2 Å². The van der Waals surface area contributed by atoms with Gasteiger partial charge in [-0.15, -0.1) is 0 Å². The van der Waals surface area contributed by atoms with Crippen LogP contribution < -0.4 is 5.32 Å². The number of nitrogens with one attached hydrogen (secondary N) is 1. The topological polar surface area (TPSA) is 12.0 Å². The monoisotopic (exact) mass is 331 g/mol. The van der Waals surface area contributed by atoms with E-state index in [9.17, 15) is 0 Å². The molecule has 0 spiro atoms. The standard InChI is InChI=1S/C15H23BrClN/c1-3-5-6-7-15(18-10-4-2)13-9-8-12(17)11-14(13)16/h8-9,11,15,18H,3-7,10H2,1-2H3. The number of rotatable bonds is 8. The lowest BCUT2D eigenvalue weighted by Crippen LogP contribution is -2.22. The van der Waals surface area contributed by atoms with Gasteiger partial charge >= 0.3 is 0 Å². The van der Waals surface area contributed by atoms with Gasteiger partial charge in [0.2, 0.25) is 0 Å². The van der Waals surface area contributed by atoms with Crippen molar-refractivity contribution in [1.29, 1.82) is 0 Å². The van der Waals surface area contributed by atoms with Crippen LogP contribution in [0.4, 0.5) is 0 Å². The second-order valence-corrected chi connectivity index (χ2v) is 5.96. The highest BCUT2D eigenvalue weighted by Gasteiger charge is 2.13. The van der Waals surface area contributed by atoms with E-state index in [1.165, 1.54) is 31.2 Å². The maximum atomic E-state index is 6.00. The van der Waals surface area contributed by atoms with Gasteiger partial charge < -0.3 is 5.32 Å². The van der Waals surface area contributed by atoms with Gasteiger partial charge in [-0.3, -0.25) is 0 Å². The lowest BCUT2D eigenvalue weighted by Gasteiger charge is -2.20. The number of unbranched alkanes of at least 4 members (excludes halogenated alkanes) is 2. The number of hydrogen-bond donors (Lipinski definition) is 1. The highest BCUT2D eigenvalue weighted by molar-refractivity contribution is 9.10. The Morgan fingerprint density at radius 2 is 2.00 bits per heavy atom. The molecule has 1 aromatic carbocycles. The van der Waals surface area contributed by atoms with E-state index < -0.39 is 0 Å². The highest BCUT2D eigenvalue weighted by atomic mass is 79.9. The quantitative estimate of drug-likeness (QED) is 0.600. The van der Waals surface area contributed by atoms with Gasteiger partial charge in [-0.2, -0.15) is 0 Å². The molecule has 1 rings (SSSR count). The molecule has 0 aromatic heterocycles. The molecular weight excluding hydrogens is 310 g/mol. The van der Waals surface area contributed by atoms with E-state index in [4.69, 9.17) is 11.6 Å². The van der Waals surface area contributed by atoms with Crippen molar-refractivity contribution < 1.29 is 0 Å².